The number of benzene rings is 2. The van der Waals surface area contributed by atoms with Gasteiger partial charge < -0.3 is 4.90 Å². The van der Waals surface area contributed by atoms with Crippen LogP contribution in [0.25, 0.3) is 5.57 Å². The Balaban J connectivity index is 2.15. The average molecular weight is 312 g/mol. The van der Waals surface area contributed by atoms with Gasteiger partial charge in [0.2, 0.25) is 0 Å². The number of hydrogen-bond donors (Lipinski definition) is 0. The van der Waals surface area contributed by atoms with Crippen LogP contribution >= 0.6 is 11.6 Å². The molecule has 1 saturated heterocycles. The van der Waals surface area contributed by atoms with Crippen molar-refractivity contribution in [2.75, 3.05) is 20.1 Å². The quantitative estimate of drug-likeness (QED) is 0.739. The number of nitrogens with zero attached hydrogens (tertiary/aromatic N) is 1. The van der Waals surface area contributed by atoms with E-state index in [2.05, 4.69) is 55.3 Å². The maximum absolute atomic E-state index is 6.25. The van der Waals surface area contributed by atoms with Gasteiger partial charge in [0, 0.05) is 18.1 Å². The maximum atomic E-state index is 6.25. The molecule has 2 aromatic carbocycles. The predicted octanol–water partition coefficient (Wildman–Crippen LogP) is 5.18. The van der Waals surface area contributed by atoms with Crippen LogP contribution in [0.3, 0.4) is 0 Å². The topological polar surface area (TPSA) is 3.24 Å². The van der Waals surface area contributed by atoms with Crippen molar-refractivity contribution in [1.29, 1.82) is 0 Å². The van der Waals surface area contributed by atoms with Crippen molar-refractivity contribution in [2.24, 2.45) is 0 Å². The molecule has 0 radical (unpaired) electrons. The molecule has 1 nitrogen and oxygen atoms in total. The fourth-order valence-corrected chi connectivity index (χ4v) is 3.38. The Labute approximate surface area is 138 Å². The molecule has 3 rings (SSSR count). The van der Waals surface area contributed by atoms with Crippen molar-refractivity contribution in [1.82, 2.24) is 4.90 Å². The zero-order valence-electron chi connectivity index (χ0n) is 13.3. The number of aryl methyl sites for hydroxylation is 1. The Morgan fingerprint density at radius 3 is 2.41 bits per heavy atom. The van der Waals surface area contributed by atoms with Gasteiger partial charge in [0.15, 0.2) is 0 Å². The van der Waals surface area contributed by atoms with Gasteiger partial charge in [0.05, 0.1) is 0 Å². The van der Waals surface area contributed by atoms with Gasteiger partial charge in [0.25, 0.3) is 0 Å². The largest absolute Gasteiger partial charge is 0.306 e. The van der Waals surface area contributed by atoms with Crippen molar-refractivity contribution in [2.45, 2.75) is 19.8 Å². The molecule has 0 spiro atoms. The Bertz CT molecular complexity index is 692. The highest BCUT2D eigenvalue weighted by atomic mass is 35.5. The van der Waals surface area contributed by atoms with Crippen LogP contribution in [0.2, 0.25) is 5.02 Å². The molecular formula is C20H22ClN. The van der Waals surface area contributed by atoms with Crippen molar-refractivity contribution in [3.05, 3.63) is 75.8 Å². The van der Waals surface area contributed by atoms with Gasteiger partial charge >= 0.3 is 0 Å². The van der Waals surface area contributed by atoms with E-state index < -0.39 is 0 Å². The molecule has 1 fully saturated rings. The zero-order valence-corrected chi connectivity index (χ0v) is 14.0. The summed E-state index contributed by atoms with van der Waals surface area (Å²) in [6, 6.07) is 16.9. The van der Waals surface area contributed by atoms with Crippen molar-refractivity contribution in [3.8, 4) is 0 Å². The van der Waals surface area contributed by atoms with Crippen LogP contribution in [-0.4, -0.2) is 25.0 Å². The monoisotopic (exact) mass is 311 g/mol. The molecule has 22 heavy (non-hydrogen) atoms. The van der Waals surface area contributed by atoms with E-state index in [1.807, 2.05) is 12.1 Å². The second kappa shape index (κ2) is 6.68. The van der Waals surface area contributed by atoms with E-state index in [9.17, 15) is 0 Å². The lowest BCUT2D eigenvalue weighted by Crippen LogP contribution is -2.27. The molecule has 0 N–H and O–H groups in total. The van der Waals surface area contributed by atoms with Crippen LogP contribution in [0.15, 0.2) is 54.1 Å². The first kappa shape index (κ1) is 15.3. The number of rotatable bonds is 2. The standard InChI is InChI=1S/C20H22ClN/c1-15-6-3-4-9-19(15)20(16-10-12-22(2)13-11-16)17-7-5-8-18(21)14-17/h3-9,14H,10-13H2,1-2H3. The van der Waals surface area contributed by atoms with Crippen molar-refractivity contribution in [3.63, 3.8) is 0 Å². The summed E-state index contributed by atoms with van der Waals surface area (Å²) in [6.45, 7) is 4.45. The zero-order chi connectivity index (χ0) is 15.5. The summed E-state index contributed by atoms with van der Waals surface area (Å²) in [4.78, 5) is 2.40. The normalized spacial score (nSPS) is 15.9. The molecule has 1 heterocycles. The Kier molecular flexibility index (Phi) is 4.66. The van der Waals surface area contributed by atoms with E-state index in [1.165, 1.54) is 22.3 Å². The number of piperidine rings is 1. The minimum absolute atomic E-state index is 0.803. The van der Waals surface area contributed by atoms with Gasteiger partial charge in [-0.2, -0.15) is 0 Å². The lowest BCUT2D eigenvalue weighted by molar-refractivity contribution is 0.313. The van der Waals surface area contributed by atoms with Crippen LogP contribution in [0.4, 0.5) is 0 Å². The summed E-state index contributed by atoms with van der Waals surface area (Å²) in [5, 5.41) is 0.803. The first-order chi connectivity index (χ1) is 10.6. The molecule has 0 saturated carbocycles. The van der Waals surface area contributed by atoms with Gasteiger partial charge in [-0.15, -0.1) is 0 Å². The van der Waals surface area contributed by atoms with Gasteiger partial charge in [-0.05, 0) is 61.2 Å². The Morgan fingerprint density at radius 1 is 1.00 bits per heavy atom. The molecule has 1 aliphatic rings. The lowest BCUT2D eigenvalue weighted by Gasteiger charge is -2.27. The molecule has 0 atom stereocenters. The Morgan fingerprint density at radius 2 is 1.73 bits per heavy atom. The van der Waals surface area contributed by atoms with E-state index in [-0.39, 0.29) is 0 Å². The molecule has 114 valence electrons. The minimum atomic E-state index is 0.803. The molecule has 0 aliphatic carbocycles. The minimum Gasteiger partial charge on any atom is -0.306 e. The summed E-state index contributed by atoms with van der Waals surface area (Å²) in [5.74, 6) is 0. The summed E-state index contributed by atoms with van der Waals surface area (Å²) in [5.41, 5.74) is 6.83. The van der Waals surface area contributed by atoms with Gasteiger partial charge in [0.1, 0.15) is 0 Å². The highest BCUT2D eigenvalue weighted by Crippen LogP contribution is 2.34. The summed E-state index contributed by atoms with van der Waals surface area (Å²) in [6.07, 6.45) is 2.26. The van der Waals surface area contributed by atoms with Crippen molar-refractivity contribution < 1.29 is 0 Å². The molecule has 0 unspecified atom stereocenters. The van der Waals surface area contributed by atoms with Crippen LogP contribution in [0.5, 0.6) is 0 Å². The molecule has 1 aliphatic heterocycles. The first-order valence-corrected chi connectivity index (χ1v) is 8.25. The third kappa shape index (κ3) is 3.26. The van der Waals surface area contributed by atoms with E-state index in [0.29, 0.717) is 0 Å². The number of likely N-dealkylation sites (tertiary alicyclic amines) is 1. The Hall–Kier alpha value is -1.57. The predicted molar refractivity (Wildman–Crippen MR) is 95.4 cm³/mol. The SMILES string of the molecule is Cc1ccccc1C(=C1CCN(C)CC1)c1cccc(Cl)c1. The van der Waals surface area contributed by atoms with Gasteiger partial charge in [-0.25, -0.2) is 0 Å². The fourth-order valence-electron chi connectivity index (χ4n) is 3.19. The summed E-state index contributed by atoms with van der Waals surface area (Å²) < 4.78 is 0. The highest BCUT2D eigenvalue weighted by Gasteiger charge is 2.18. The first-order valence-electron chi connectivity index (χ1n) is 7.87. The van der Waals surface area contributed by atoms with Crippen LogP contribution < -0.4 is 0 Å². The van der Waals surface area contributed by atoms with E-state index in [4.69, 9.17) is 11.6 Å². The van der Waals surface area contributed by atoms with Crippen LogP contribution in [0, 0.1) is 6.92 Å². The molecule has 0 bridgehead atoms. The number of hydrogen-bond acceptors (Lipinski definition) is 1. The van der Waals surface area contributed by atoms with E-state index in [1.54, 1.807) is 5.57 Å². The molecule has 2 heteroatoms. The second-order valence-electron chi connectivity index (χ2n) is 6.11. The molecule has 0 aromatic heterocycles. The smallest absolute Gasteiger partial charge is 0.0412 e. The maximum Gasteiger partial charge on any atom is 0.0412 e. The van der Waals surface area contributed by atoms with E-state index >= 15 is 0 Å². The van der Waals surface area contributed by atoms with E-state index in [0.717, 1.165) is 31.0 Å². The molecular weight excluding hydrogens is 290 g/mol. The third-order valence-corrected chi connectivity index (χ3v) is 4.71. The average Bonchev–Trinajstić information content (AvgIpc) is 2.51. The number of halogens is 1. The third-order valence-electron chi connectivity index (χ3n) is 4.47. The lowest BCUT2D eigenvalue weighted by atomic mass is 9.86. The summed E-state index contributed by atoms with van der Waals surface area (Å²) in [7, 11) is 2.20. The molecule has 2 aromatic rings. The summed E-state index contributed by atoms with van der Waals surface area (Å²) >= 11 is 6.25. The van der Waals surface area contributed by atoms with Crippen LogP contribution in [-0.2, 0) is 0 Å². The van der Waals surface area contributed by atoms with Crippen molar-refractivity contribution >= 4 is 17.2 Å². The fraction of sp³-hybridized carbons (Fsp3) is 0.300. The van der Waals surface area contributed by atoms with Crippen LogP contribution in [0.1, 0.15) is 29.5 Å². The van der Waals surface area contributed by atoms with Gasteiger partial charge in [-0.1, -0.05) is 53.6 Å². The van der Waals surface area contributed by atoms with Gasteiger partial charge in [-0.3, -0.25) is 0 Å². The second-order valence-corrected chi connectivity index (χ2v) is 6.54. The highest BCUT2D eigenvalue weighted by molar-refractivity contribution is 6.30. The molecule has 0 amide bonds.